The normalized spacial score (nSPS) is 14.0. The Hall–Kier alpha value is -3.53. The van der Waals surface area contributed by atoms with Crippen molar-refractivity contribution in [3.05, 3.63) is 59.9 Å². The summed E-state index contributed by atoms with van der Waals surface area (Å²) < 4.78 is 24.5. The van der Waals surface area contributed by atoms with Gasteiger partial charge in [0.2, 0.25) is 5.91 Å². The van der Waals surface area contributed by atoms with E-state index in [4.69, 9.17) is 14.7 Å². The van der Waals surface area contributed by atoms with E-state index in [9.17, 15) is 9.18 Å². The molecule has 0 spiro atoms. The Morgan fingerprint density at radius 1 is 1.17 bits per heavy atom. The number of anilines is 1. The van der Waals surface area contributed by atoms with E-state index in [1.165, 1.54) is 19.3 Å². The van der Waals surface area contributed by atoms with E-state index in [1.807, 2.05) is 17.0 Å². The predicted molar refractivity (Wildman–Crippen MR) is 108 cm³/mol. The van der Waals surface area contributed by atoms with Crippen LogP contribution in [0.5, 0.6) is 11.5 Å². The summed E-state index contributed by atoms with van der Waals surface area (Å²) in [6.07, 6.45) is 3.23. The third-order valence-corrected chi connectivity index (χ3v) is 4.68. The van der Waals surface area contributed by atoms with Crippen LogP contribution < -0.4 is 14.4 Å². The number of ether oxygens (including phenoxy) is 2. The van der Waals surface area contributed by atoms with Crippen molar-refractivity contribution in [1.82, 2.24) is 4.90 Å². The molecule has 3 rings (SSSR count). The third kappa shape index (κ3) is 5.05. The first-order chi connectivity index (χ1) is 14.1. The van der Waals surface area contributed by atoms with Crippen molar-refractivity contribution in [3.8, 4) is 17.6 Å². The Balaban J connectivity index is 1.59. The van der Waals surface area contributed by atoms with Gasteiger partial charge < -0.3 is 19.3 Å². The fourth-order valence-corrected chi connectivity index (χ4v) is 3.17. The molecule has 0 unspecified atom stereocenters. The van der Waals surface area contributed by atoms with E-state index < -0.39 is 0 Å². The van der Waals surface area contributed by atoms with E-state index in [0.717, 1.165) is 5.56 Å². The highest BCUT2D eigenvalue weighted by molar-refractivity contribution is 5.92. The molecular formula is C22H22FN3O3. The lowest BCUT2D eigenvalue weighted by atomic mass is 10.1. The summed E-state index contributed by atoms with van der Waals surface area (Å²) in [7, 11) is 1.52. The van der Waals surface area contributed by atoms with Crippen LogP contribution in [0.2, 0.25) is 0 Å². The minimum atomic E-state index is -0.247. The molecule has 0 aliphatic carbocycles. The molecule has 1 aliphatic heterocycles. The first-order valence-corrected chi connectivity index (χ1v) is 9.26. The van der Waals surface area contributed by atoms with E-state index >= 15 is 0 Å². The molecule has 0 saturated carbocycles. The van der Waals surface area contributed by atoms with Crippen LogP contribution in [0.4, 0.5) is 10.1 Å². The van der Waals surface area contributed by atoms with Crippen molar-refractivity contribution in [1.29, 1.82) is 5.26 Å². The third-order valence-electron chi connectivity index (χ3n) is 4.68. The van der Waals surface area contributed by atoms with Crippen molar-refractivity contribution in [2.45, 2.75) is 0 Å². The summed E-state index contributed by atoms with van der Waals surface area (Å²) in [6, 6.07) is 13.8. The molecule has 1 aliphatic rings. The van der Waals surface area contributed by atoms with Crippen LogP contribution in [0.25, 0.3) is 6.08 Å². The van der Waals surface area contributed by atoms with Gasteiger partial charge in [-0.1, -0.05) is 18.2 Å². The van der Waals surface area contributed by atoms with E-state index in [0.29, 0.717) is 43.4 Å². The summed E-state index contributed by atoms with van der Waals surface area (Å²) >= 11 is 0. The van der Waals surface area contributed by atoms with Crippen molar-refractivity contribution in [2.75, 3.05) is 44.8 Å². The Bertz CT molecular complexity index is 931. The summed E-state index contributed by atoms with van der Waals surface area (Å²) in [5.74, 6) is 0.625. The maximum atomic E-state index is 13.9. The Labute approximate surface area is 169 Å². The lowest BCUT2D eigenvalue weighted by Gasteiger charge is -2.35. The number of carbonyl (C=O) groups is 1. The Kier molecular flexibility index (Phi) is 6.69. The van der Waals surface area contributed by atoms with Gasteiger partial charge in [0.15, 0.2) is 18.1 Å². The first-order valence-electron chi connectivity index (χ1n) is 9.26. The number of para-hydroxylation sites is 1. The van der Waals surface area contributed by atoms with Gasteiger partial charge in [-0.3, -0.25) is 4.79 Å². The maximum Gasteiger partial charge on any atom is 0.246 e. The topological polar surface area (TPSA) is 65.8 Å². The highest BCUT2D eigenvalue weighted by Crippen LogP contribution is 2.28. The largest absolute Gasteiger partial charge is 0.493 e. The number of nitriles is 1. The highest BCUT2D eigenvalue weighted by Gasteiger charge is 2.21. The minimum Gasteiger partial charge on any atom is -0.493 e. The molecular weight excluding hydrogens is 373 g/mol. The average Bonchev–Trinajstić information content (AvgIpc) is 2.76. The molecule has 2 aromatic rings. The van der Waals surface area contributed by atoms with Gasteiger partial charge in [-0.05, 0) is 35.9 Å². The maximum absolute atomic E-state index is 13.9. The SMILES string of the molecule is COc1cc(/C=C/C(=O)N2CCN(c3ccccc3F)CC2)ccc1OCC#N. The molecule has 1 heterocycles. The number of piperazine rings is 1. The van der Waals surface area contributed by atoms with E-state index in [-0.39, 0.29) is 18.3 Å². The monoisotopic (exact) mass is 395 g/mol. The molecule has 0 aromatic heterocycles. The Morgan fingerprint density at radius 2 is 1.93 bits per heavy atom. The molecule has 2 aromatic carbocycles. The molecule has 6 nitrogen and oxygen atoms in total. The van der Waals surface area contributed by atoms with Crippen LogP contribution in [-0.4, -0.2) is 50.7 Å². The van der Waals surface area contributed by atoms with Crippen molar-refractivity contribution in [2.24, 2.45) is 0 Å². The molecule has 1 fully saturated rings. The van der Waals surface area contributed by atoms with Crippen LogP contribution in [0.15, 0.2) is 48.5 Å². The fraction of sp³-hybridized carbons (Fsp3) is 0.273. The number of rotatable bonds is 6. The summed E-state index contributed by atoms with van der Waals surface area (Å²) in [4.78, 5) is 16.2. The van der Waals surface area contributed by atoms with Gasteiger partial charge in [0.05, 0.1) is 12.8 Å². The summed E-state index contributed by atoms with van der Waals surface area (Å²) in [5.41, 5.74) is 1.35. The standard InChI is InChI=1S/C22H22FN3O3/c1-28-21-16-17(6-8-20(21)29-15-10-24)7-9-22(27)26-13-11-25(12-14-26)19-5-3-2-4-18(19)23/h2-9,16H,11-15H2,1H3/b9-7+. The van der Waals surface area contributed by atoms with Crippen LogP contribution in [0, 0.1) is 17.1 Å². The summed E-state index contributed by atoms with van der Waals surface area (Å²) in [5, 5.41) is 8.62. The lowest BCUT2D eigenvalue weighted by molar-refractivity contribution is -0.126. The van der Waals surface area contributed by atoms with Gasteiger partial charge in [-0.15, -0.1) is 0 Å². The van der Waals surface area contributed by atoms with Crippen LogP contribution in [-0.2, 0) is 4.79 Å². The van der Waals surface area contributed by atoms with Gasteiger partial charge in [-0.25, -0.2) is 4.39 Å². The second-order valence-electron chi connectivity index (χ2n) is 6.45. The zero-order chi connectivity index (χ0) is 20.6. The molecule has 0 atom stereocenters. The average molecular weight is 395 g/mol. The minimum absolute atomic E-state index is 0.0666. The summed E-state index contributed by atoms with van der Waals surface area (Å²) in [6.45, 7) is 2.16. The predicted octanol–water partition coefficient (Wildman–Crippen LogP) is 3.10. The van der Waals surface area contributed by atoms with Crippen LogP contribution in [0.1, 0.15) is 5.56 Å². The fourth-order valence-electron chi connectivity index (χ4n) is 3.17. The number of methoxy groups -OCH3 is 1. The molecule has 1 saturated heterocycles. The number of hydrogen-bond donors (Lipinski definition) is 0. The van der Waals surface area contributed by atoms with Crippen LogP contribution >= 0.6 is 0 Å². The number of halogens is 1. The van der Waals surface area contributed by atoms with Gasteiger partial charge in [-0.2, -0.15) is 5.26 Å². The number of nitrogens with zero attached hydrogens (tertiary/aromatic N) is 3. The Morgan fingerprint density at radius 3 is 2.62 bits per heavy atom. The lowest BCUT2D eigenvalue weighted by Crippen LogP contribution is -2.48. The smallest absolute Gasteiger partial charge is 0.246 e. The number of carbonyl (C=O) groups excluding carboxylic acids is 1. The molecule has 1 amide bonds. The zero-order valence-electron chi connectivity index (χ0n) is 16.2. The number of hydrogen-bond acceptors (Lipinski definition) is 5. The second kappa shape index (κ2) is 9.60. The number of benzene rings is 2. The highest BCUT2D eigenvalue weighted by atomic mass is 19.1. The van der Waals surface area contributed by atoms with Crippen LogP contribution in [0.3, 0.4) is 0 Å². The molecule has 29 heavy (non-hydrogen) atoms. The van der Waals surface area contributed by atoms with Gasteiger partial charge >= 0.3 is 0 Å². The van der Waals surface area contributed by atoms with E-state index in [1.54, 1.807) is 41.3 Å². The van der Waals surface area contributed by atoms with Gasteiger partial charge in [0.1, 0.15) is 11.9 Å². The molecule has 0 bridgehead atoms. The first kappa shape index (κ1) is 20.2. The van der Waals surface area contributed by atoms with E-state index in [2.05, 4.69) is 0 Å². The van der Waals surface area contributed by atoms with Crippen molar-refractivity contribution < 1.29 is 18.7 Å². The van der Waals surface area contributed by atoms with Crippen molar-refractivity contribution >= 4 is 17.7 Å². The molecule has 0 N–H and O–H groups in total. The molecule has 150 valence electrons. The molecule has 0 radical (unpaired) electrons. The van der Waals surface area contributed by atoms with Gasteiger partial charge in [0, 0.05) is 32.3 Å². The van der Waals surface area contributed by atoms with Crippen molar-refractivity contribution in [3.63, 3.8) is 0 Å². The quantitative estimate of drug-likeness (QED) is 0.704. The van der Waals surface area contributed by atoms with Gasteiger partial charge in [0.25, 0.3) is 0 Å². The number of amides is 1. The second-order valence-corrected chi connectivity index (χ2v) is 6.45. The molecule has 7 heteroatoms. The zero-order valence-corrected chi connectivity index (χ0v) is 16.2.